The molecule has 6 aromatic rings. The van der Waals surface area contributed by atoms with Crippen molar-refractivity contribution in [3.05, 3.63) is 115 Å². The van der Waals surface area contributed by atoms with Gasteiger partial charge in [-0.15, -0.1) is 0 Å². The van der Waals surface area contributed by atoms with Crippen molar-refractivity contribution in [3.8, 4) is 22.4 Å². The van der Waals surface area contributed by atoms with Gasteiger partial charge in [0, 0.05) is 28.7 Å². The Balaban J connectivity index is 1.62. The average Bonchev–Trinajstić information content (AvgIpc) is 3.37. The standard InChI is InChI=1S/C31H22F3N3O2S/c1-2-20-10-12-21(13-11-20)25-18-29(36-28-15-14-22(17-26(25)28)31(32,33)34)27-19-37(30-24(27)9-6-16-35-30)40(38,39)23-7-4-3-5-8-23/h3-19H,2H2,1H3. The second kappa shape index (κ2) is 9.60. The molecule has 6 rings (SSSR count). The number of hydrogen-bond donors (Lipinski definition) is 0. The van der Waals surface area contributed by atoms with Gasteiger partial charge in [0.15, 0.2) is 5.65 Å². The SMILES string of the molecule is CCc1ccc(-c2cc(-c3cn(S(=O)(=O)c4ccccc4)c4ncccc34)nc3ccc(C(F)(F)F)cc23)cc1. The zero-order valence-corrected chi connectivity index (χ0v) is 22.0. The molecule has 3 aromatic carbocycles. The molecule has 0 spiro atoms. The molecule has 0 N–H and O–H groups in total. The second-order valence-electron chi connectivity index (χ2n) is 9.37. The number of hydrogen-bond acceptors (Lipinski definition) is 4. The summed E-state index contributed by atoms with van der Waals surface area (Å²) in [5, 5.41) is 0.898. The number of aryl methyl sites for hydroxylation is 1. The molecular formula is C31H22F3N3O2S. The lowest BCUT2D eigenvalue weighted by atomic mass is 9.96. The quantitative estimate of drug-likeness (QED) is 0.218. The van der Waals surface area contributed by atoms with Gasteiger partial charge in [0.25, 0.3) is 10.0 Å². The van der Waals surface area contributed by atoms with E-state index in [2.05, 4.69) is 4.98 Å². The molecule has 0 amide bonds. The van der Waals surface area contributed by atoms with E-state index in [9.17, 15) is 21.6 Å². The zero-order chi connectivity index (χ0) is 28.1. The van der Waals surface area contributed by atoms with E-state index in [1.165, 1.54) is 30.6 Å². The van der Waals surface area contributed by atoms with Crippen molar-refractivity contribution in [2.24, 2.45) is 0 Å². The highest BCUT2D eigenvalue weighted by Crippen LogP contribution is 2.39. The van der Waals surface area contributed by atoms with Crippen LogP contribution in [0.4, 0.5) is 13.2 Å². The number of halogens is 3. The van der Waals surface area contributed by atoms with Crippen LogP contribution in [-0.2, 0) is 22.6 Å². The Morgan fingerprint density at radius 2 is 1.57 bits per heavy atom. The van der Waals surface area contributed by atoms with Crippen LogP contribution in [0.1, 0.15) is 18.1 Å². The van der Waals surface area contributed by atoms with Gasteiger partial charge < -0.3 is 0 Å². The molecule has 40 heavy (non-hydrogen) atoms. The van der Waals surface area contributed by atoms with E-state index >= 15 is 0 Å². The third-order valence-electron chi connectivity index (χ3n) is 6.92. The Morgan fingerprint density at radius 3 is 2.27 bits per heavy atom. The van der Waals surface area contributed by atoms with E-state index in [1.807, 2.05) is 31.2 Å². The normalized spacial score (nSPS) is 12.3. The molecule has 0 aliphatic heterocycles. The molecule has 0 aliphatic rings. The minimum Gasteiger partial charge on any atom is -0.248 e. The van der Waals surface area contributed by atoms with E-state index in [0.29, 0.717) is 33.1 Å². The number of pyridine rings is 2. The Bertz CT molecular complexity index is 1980. The van der Waals surface area contributed by atoms with Crippen LogP contribution in [0, 0.1) is 0 Å². The number of rotatable bonds is 5. The number of fused-ring (bicyclic) bond motifs is 2. The first-order valence-electron chi connectivity index (χ1n) is 12.5. The molecule has 0 bridgehead atoms. The summed E-state index contributed by atoms with van der Waals surface area (Å²) in [4.78, 5) is 9.16. The van der Waals surface area contributed by atoms with Gasteiger partial charge in [-0.3, -0.25) is 0 Å². The van der Waals surface area contributed by atoms with Crippen molar-refractivity contribution >= 4 is 32.0 Å². The Hall–Kier alpha value is -4.50. The molecule has 0 saturated carbocycles. The van der Waals surface area contributed by atoms with Crippen LogP contribution in [0.2, 0.25) is 0 Å². The molecule has 200 valence electrons. The van der Waals surface area contributed by atoms with Gasteiger partial charge in [-0.2, -0.15) is 13.2 Å². The van der Waals surface area contributed by atoms with Gasteiger partial charge in [0.2, 0.25) is 0 Å². The van der Waals surface area contributed by atoms with Crippen molar-refractivity contribution in [1.82, 2.24) is 13.9 Å². The van der Waals surface area contributed by atoms with Crippen LogP contribution < -0.4 is 0 Å². The summed E-state index contributed by atoms with van der Waals surface area (Å²) in [6.45, 7) is 2.03. The number of benzene rings is 3. The molecule has 3 aromatic heterocycles. The highest BCUT2D eigenvalue weighted by Gasteiger charge is 2.31. The number of nitrogens with zero attached hydrogens (tertiary/aromatic N) is 3. The first-order chi connectivity index (χ1) is 19.2. The predicted molar refractivity (Wildman–Crippen MR) is 149 cm³/mol. The molecule has 0 unspecified atom stereocenters. The predicted octanol–water partition coefficient (Wildman–Crippen LogP) is 7.74. The number of alkyl halides is 3. The highest BCUT2D eigenvalue weighted by atomic mass is 32.2. The fraction of sp³-hybridized carbons (Fsp3) is 0.0968. The average molecular weight is 558 g/mol. The van der Waals surface area contributed by atoms with Gasteiger partial charge in [0.1, 0.15) is 0 Å². The summed E-state index contributed by atoms with van der Waals surface area (Å²) >= 11 is 0. The van der Waals surface area contributed by atoms with E-state index in [4.69, 9.17) is 4.98 Å². The first kappa shape index (κ1) is 25.8. The van der Waals surface area contributed by atoms with E-state index in [-0.39, 0.29) is 10.5 Å². The third kappa shape index (κ3) is 4.42. The molecule has 0 fully saturated rings. The summed E-state index contributed by atoms with van der Waals surface area (Å²) in [5.74, 6) is 0. The molecule has 0 radical (unpaired) electrons. The van der Waals surface area contributed by atoms with Crippen molar-refractivity contribution in [3.63, 3.8) is 0 Å². The number of aromatic nitrogens is 3. The van der Waals surface area contributed by atoms with Crippen molar-refractivity contribution in [1.29, 1.82) is 0 Å². The fourth-order valence-corrected chi connectivity index (χ4v) is 6.17. The Labute approximate surface area is 228 Å². The fourth-order valence-electron chi connectivity index (χ4n) is 4.82. The summed E-state index contributed by atoms with van der Waals surface area (Å²) in [7, 11) is -3.99. The lowest BCUT2D eigenvalue weighted by Crippen LogP contribution is -2.12. The van der Waals surface area contributed by atoms with Crippen LogP contribution in [0.25, 0.3) is 44.3 Å². The molecular weight excluding hydrogens is 535 g/mol. The van der Waals surface area contributed by atoms with Crippen LogP contribution in [-0.4, -0.2) is 22.4 Å². The third-order valence-corrected chi connectivity index (χ3v) is 8.58. The summed E-state index contributed by atoms with van der Waals surface area (Å²) in [6.07, 6.45) is -0.705. The molecule has 5 nitrogen and oxygen atoms in total. The smallest absolute Gasteiger partial charge is 0.248 e. The second-order valence-corrected chi connectivity index (χ2v) is 11.2. The molecule has 3 heterocycles. The van der Waals surface area contributed by atoms with Crippen LogP contribution in [0.3, 0.4) is 0 Å². The van der Waals surface area contributed by atoms with E-state index < -0.39 is 21.8 Å². The maximum Gasteiger partial charge on any atom is 0.416 e. The Morgan fingerprint density at radius 1 is 0.825 bits per heavy atom. The van der Waals surface area contributed by atoms with Crippen molar-refractivity contribution < 1.29 is 21.6 Å². The van der Waals surface area contributed by atoms with Crippen LogP contribution in [0.5, 0.6) is 0 Å². The van der Waals surface area contributed by atoms with Crippen LogP contribution >= 0.6 is 0 Å². The highest BCUT2D eigenvalue weighted by molar-refractivity contribution is 7.90. The van der Waals surface area contributed by atoms with Crippen molar-refractivity contribution in [2.75, 3.05) is 0 Å². The van der Waals surface area contributed by atoms with E-state index in [0.717, 1.165) is 33.7 Å². The van der Waals surface area contributed by atoms with Gasteiger partial charge in [-0.1, -0.05) is 49.4 Å². The van der Waals surface area contributed by atoms with E-state index in [1.54, 1.807) is 36.4 Å². The summed E-state index contributed by atoms with van der Waals surface area (Å²) in [5.41, 5.74) is 3.11. The lowest BCUT2D eigenvalue weighted by Gasteiger charge is -2.13. The van der Waals surface area contributed by atoms with Gasteiger partial charge >= 0.3 is 6.18 Å². The molecule has 0 saturated heterocycles. The monoisotopic (exact) mass is 557 g/mol. The lowest BCUT2D eigenvalue weighted by molar-refractivity contribution is -0.137. The van der Waals surface area contributed by atoms with Gasteiger partial charge in [-0.05, 0) is 71.6 Å². The van der Waals surface area contributed by atoms with Gasteiger partial charge in [0.05, 0.1) is 21.7 Å². The van der Waals surface area contributed by atoms with Gasteiger partial charge in [-0.25, -0.2) is 22.4 Å². The Kier molecular flexibility index (Phi) is 6.18. The summed E-state index contributed by atoms with van der Waals surface area (Å²) < 4.78 is 69.2. The zero-order valence-electron chi connectivity index (χ0n) is 21.2. The summed E-state index contributed by atoms with van der Waals surface area (Å²) in [6, 6.07) is 24.3. The van der Waals surface area contributed by atoms with Crippen molar-refractivity contribution in [2.45, 2.75) is 24.4 Å². The first-order valence-corrected chi connectivity index (χ1v) is 14.0. The van der Waals surface area contributed by atoms with Crippen LogP contribution in [0.15, 0.2) is 108 Å². The maximum absolute atomic E-state index is 13.6. The maximum atomic E-state index is 13.6. The largest absolute Gasteiger partial charge is 0.416 e. The molecule has 9 heteroatoms. The minimum absolute atomic E-state index is 0.104. The minimum atomic E-state index is -4.51. The topological polar surface area (TPSA) is 64.8 Å². The molecule has 0 aliphatic carbocycles. The molecule has 0 atom stereocenters.